The van der Waals surface area contributed by atoms with Gasteiger partial charge in [0.2, 0.25) is 17.7 Å². The lowest BCUT2D eigenvalue weighted by Crippen LogP contribution is -2.50. The Morgan fingerprint density at radius 3 is 2.24 bits per heavy atom. The maximum atomic E-state index is 12.4. The molecule has 1 aliphatic heterocycles. The SMILES string of the molecule is CC(=O)Nc1ccc(/C=C/C(=O)N2CCN(C(=O)CCC3CCCC3)CC2)cc1. The molecule has 0 aromatic heterocycles. The minimum Gasteiger partial charge on any atom is -0.339 e. The quantitative estimate of drug-likeness (QED) is 0.749. The monoisotopic (exact) mass is 397 g/mol. The highest BCUT2D eigenvalue weighted by Gasteiger charge is 2.24. The lowest BCUT2D eigenvalue weighted by Gasteiger charge is -2.34. The van der Waals surface area contributed by atoms with Gasteiger partial charge in [-0.2, -0.15) is 0 Å². The molecule has 156 valence electrons. The fourth-order valence-electron chi connectivity index (χ4n) is 4.11. The molecular formula is C23H31N3O3. The van der Waals surface area contributed by atoms with Crippen LogP contribution in [0.15, 0.2) is 30.3 Å². The summed E-state index contributed by atoms with van der Waals surface area (Å²) >= 11 is 0. The number of rotatable bonds is 6. The van der Waals surface area contributed by atoms with Crippen LogP contribution in [-0.4, -0.2) is 53.7 Å². The molecule has 0 unspecified atom stereocenters. The van der Waals surface area contributed by atoms with Crippen molar-refractivity contribution in [1.82, 2.24) is 9.80 Å². The fourth-order valence-corrected chi connectivity index (χ4v) is 4.11. The van der Waals surface area contributed by atoms with E-state index in [4.69, 9.17) is 0 Å². The van der Waals surface area contributed by atoms with Crippen molar-refractivity contribution in [3.05, 3.63) is 35.9 Å². The largest absolute Gasteiger partial charge is 0.339 e. The predicted molar refractivity (Wildman–Crippen MR) is 114 cm³/mol. The molecule has 1 heterocycles. The summed E-state index contributed by atoms with van der Waals surface area (Å²) < 4.78 is 0. The molecule has 0 radical (unpaired) electrons. The summed E-state index contributed by atoms with van der Waals surface area (Å²) in [6.07, 6.45) is 10.2. The number of amides is 3. The summed E-state index contributed by atoms with van der Waals surface area (Å²) in [5.74, 6) is 0.826. The second-order valence-corrected chi connectivity index (χ2v) is 8.03. The first-order valence-corrected chi connectivity index (χ1v) is 10.6. The van der Waals surface area contributed by atoms with E-state index < -0.39 is 0 Å². The van der Waals surface area contributed by atoms with E-state index in [-0.39, 0.29) is 17.7 Å². The van der Waals surface area contributed by atoms with E-state index in [1.54, 1.807) is 17.1 Å². The lowest BCUT2D eigenvalue weighted by molar-refractivity contribution is -0.137. The van der Waals surface area contributed by atoms with Crippen molar-refractivity contribution in [3.63, 3.8) is 0 Å². The fraction of sp³-hybridized carbons (Fsp3) is 0.522. The number of nitrogens with one attached hydrogen (secondary N) is 1. The summed E-state index contributed by atoms with van der Waals surface area (Å²) in [5.41, 5.74) is 1.63. The van der Waals surface area contributed by atoms with Gasteiger partial charge >= 0.3 is 0 Å². The molecule has 0 bridgehead atoms. The van der Waals surface area contributed by atoms with E-state index in [0.29, 0.717) is 32.6 Å². The van der Waals surface area contributed by atoms with E-state index in [2.05, 4.69) is 5.32 Å². The molecule has 3 amide bonds. The van der Waals surface area contributed by atoms with Gasteiger partial charge < -0.3 is 15.1 Å². The third-order valence-electron chi connectivity index (χ3n) is 5.83. The van der Waals surface area contributed by atoms with Crippen LogP contribution in [0.5, 0.6) is 0 Å². The summed E-state index contributed by atoms with van der Waals surface area (Å²) in [4.78, 5) is 39.6. The van der Waals surface area contributed by atoms with Crippen LogP contribution < -0.4 is 5.32 Å². The van der Waals surface area contributed by atoms with Gasteiger partial charge in [0.25, 0.3) is 0 Å². The highest BCUT2D eigenvalue weighted by Crippen LogP contribution is 2.28. The number of benzene rings is 1. The van der Waals surface area contributed by atoms with E-state index in [1.165, 1.54) is 32.6 Å². The minimum absolute atomic E-state index is 0.0333. The first-order chi connectivity index (χ1) is 14.0. The van der Waals surface area contributed by atoms with Gasteiger partial charge in [0.15, 0.2) is 0 Å². The zero-order chi connectivity index (χ0) is 20.6. The van der Waals surface area contributed by atoms with Crippen LogP contribution in [0.2, 0.25) is 0 Å². The van der Waals surface area contributed by atoms with Crippen molar-refractivity contribution >= 4 is 29.5 Å². The molecule has 1 aromatic rings. The number of anilines is 1. The molecule has 2 aliphatic rings. The zero-order valence-corrected chi connectivity index (χ0v) is 17.2. The standard InChI is InChI=1S/C23H31N3O3/c1-18(27)24-21-10-6-20(7-11-21)9-13-23(29)26-16-14-25(15-17-26)22(28)12-8-19-4-2-3-5-19/h6-7,9-11,13,19H,2-5,8,12,14-17H2,1H3,(H,24,27)/b13-9+. The molecule has 3 rings (SSSR count). The highest BCUT2D eigenvalue weighted by atomic mass is 16.2. The Labute approximate surface area is 172 Å². The Morgan fingerprint density at radius 1 is 1.00 bits per heavy atom. The van der Waals surface area contributed by atoms with E-state index in [0.717, 1.165) is 23.6 Å². The second-order valence-electron chi connectivity index (χ2n) is 8.03. The third kappa shape index (κ3) is 6.44. The number of nitrogens with zero attached hydrogens (tertiary/aromatic N) is 2. The maximum Gasteiger partial charge on any atom is 0.246 e. The maximum absolute atomic E-state index is 12.4. The molecule has 6 nitrogen and oxygen atoms in total. The van der Waals surface area contributed by atoms with Crippen LogP contribution in [0.25, 0.3) is 6.08 Å². The van der Waals surface area contributed by atoms with E-state index >= 15 is 0 Å². The van der Waals surface area contributed by atoms with E-state index in [1.807, 2.05) is 29.2 Å². The molecule has 1 aliphatic carbocycles. The molecule has 29 heavy (non-hydrogen) atoms. The lowest BCUT2D eigenvalue weighted by atomic mass is 10.0. The summed E-state index contributed by atoms with van der Waals surface area (Å²) in [6, 6.07) is 7.33. The number of carbonyl (C=O) groups excluding carboxylic acids is 3. The number of hydrogen-bond donors (Lipinski definition) is 1. The van der Waals surface area contributed by atoms with Gasteiger partial charge in [-0.25, -0.2) is 0 Å². The molecule has 1 aromatic carbocycles. The Hall–Kier alpha value is -2.63. The van der Waals surface area contributed by atoms with Crippen LogP contribution in [0.1, 0.15) is 51.0 Å². The zero-order valence-electron chi connectivity index (χ0n) is 17.2. The van der Waals surface area contributed by atoms with Crippen molar-refractivity contribution in [3.8, 4) is 0 Å². The van der Waals surface area contributed by atoms with Gasteiger partial charge in [-0.15, -0.1) is 0 Å². The van der Waals surface area contributed by atoms with Crippen LogP contribution >= 0.6 is 0 Å². The summed E-state index contributed by atoms with van der Waals surface area (Å²) in [6.45, 7) is 3.87. The molecule has 6 heteroatoms. The van der Waals surface area contributed by atoms with Gasteiger partial charge in [-0.1, -0.05) is 37.8 Å². The first kappa shape index (κ1) is 21.1. The molecule has 1 saturated carbocycles. The predicted octanol–water partition coefficient (Wildman–Crippen LogP) is 3.30. The van der Waals surface area contributed by atoms with Crippen LogP contribution in [0, 0.1) is 5.92 Å². The molecular weight excluding hydrogens is 366 g/mol. The minimum atomic E-state index is -0.111. The van der Waals surface area contributed by atoms with Crippen LogP contribution in [0.3, 0.4) is 0 Å². The van der Waals surface area contributed by atoms with Crippen molar-refractivity contribution in [2.75, 3.05) is 31.5 Å². The first-order valence-electron chi connectivity index (χ1n) is 10.6. The van der Waals surface area contributed by atoms with Gasteiger partial charge in [0.1, 0.15) is 0 Å². The molecule has 2 fully saturated rings. The van der Waals surface area contributed by atoms with Gasteiger partial charge in [0.05, 0.1) is 0 Å². The summed E-state index contributed by atoms with van der Waals surface area (Å²) in [5, 5.41) is 2.72. The number of carbonyl (C=O) groups is 3. The average molecular weight is 398 g/mol. The molecule has 1 N–H and O–H groups in total. The smallest absolute Gasteiger partial charge is 0.246 e. The molecule has 0 spiro atoms. The number of hydrogen-bond acceptors (Lipinski definition) is 3. The summed E-state index contributed by atoms with van der Waals surface area (Å²) in [7, 11) is 0. The Balaban J connectivity index is 1.41. The Bertz CT molecular complexity index is 743. The highest BCUT2D eigenvalue weighted by molar-refractivity contribution is 5.92. The van der Waals surface area contributed by atoms with Crippen molar-refractivity contribution in [2.45, 2.75) is 45.4 Å². The Morgan fingerprint density at radius 2 is 1.62 bits per heavy atom. The van der Waals surface area contributed by atoms with Gasteiger partial charge in [0, 0.05) is 51.3 Å². The van der Waals surface area contributed by atoms with E-state index in [9.17, 15) is 14.4 Å². The number of piperazine rings is 1. The molecule has 1 saturated heterocycles. The van der Waals surface area contributed by atoms with Crippen LogP contribution in [0.4, 0.5) is 5.69 Å². The Kier molecular flexibility index (Phi) is 7.44. The van der Waals surface area contributed by atoms with Crippen molar-refractivity contribution in [1.29, 1.82) is 0 Å². The average Bonchev–Trinajstić information content (AvgIpc) is 3.24. The van der Waals surface area contributed by atoms with Gasteiger partial charge in [-0.05, 0) is 36.1 Å². The second kappa shape index (κ2) is 10.2. The third-order valence-corrected chi connectivity index (χ3v) is 5.83. The topological polar surface area (TPSA) is 69.7 Å². The van der Waals surface area contributed by atoms with Crippen molar-refractivity contribution in [2.24, 2.45) is 5.92 Å². The normalized spacial score (nSPS) is 17.7. The van der Waals surface area contributed by atoms with Crippen LogP contribution in [-0.2, 0) is 14.4 Å². The molecule has 0 atom stereocenters. The van der Waals surface area contributed by atoms with Crippen molar-refractivity contribution < 1.29 is 14.4 Å². The van der Waals surface area contributed by atoms with Gasteiger partial charge in [-0.3, -0.25) is 14.4 Å².